The minimum absolute atomic E-state index is 0.00878. The molecule has 0 bridgehead atoms. The number of fused-ring (bicyclic) bond motifs is 2. The zero-order valence-electron chi connectivity index (χ0n) is 29.5. The normalized spacial score (nSPS) is 25.5. The molecule has 2 aromatic carbocycles. The maximum Gasteiger partial charge on any atom is 0.318 e. The highest BCUT2D eigenvalue weighted by molar-refractivity contribution is 5.93. The summed E-state index contributed by atoms with van der Waals surface area (Å²) in [4.78, 5) is 28.8. The van der Waals surface area contributed by atoms with E-state index in [1.165, 1.54) is 12.1 Å². The van der Waals surface area contributed by atoms with Gasteiger partial charge in [-0.25, -0.2) is 8.78 Å². The van der Waals surface area contributed by atoms with Crippen LogP contribution in [0, 0.1) is 18.2 Å². The van der Waals surface area contributed by atoms with E-state index in [-0.39, 0.29) is 47.8 Å². The molecule has 9 nitrogen and oxygen atoms in total. The number of aromatic nitrogens is 2. The van der Waals surface area contributed by atoms with E-state index >= 15 is 4.39 Å². The zero-order chi connectivity index (χ0) is 35.9. The lowest BCUT2D eigenvalue weighted by Crippen LogP contribution is -2.52. The number of phenols is 1. The smallest absolute Gasteiger partial charge is 0.318 e. The second-order valence-electron chi connectivity index (χ2n) is 14.9. The van der Waals surface area contributed by atoms with E-state index in [4.69, 9.17) is 25.9 Å². The monoisotopic (exact) mass is 699 g/mol. The van der Waals surface area contributed by atoms with Gasteiger partial charge in [-0.2, -0.15) is 9.97 Å². The number of hydrogen-bond donors (Lipinski definition) is 1. The van der Waals surface area contributed by atoms with Crippen LogP contribution in [0.3, 0.4) is 0 Å². The highest BCUT2D eigenvalue weighted by atomic mass is 19.1. The number of phenolic OH excluding ortho intramolecular Hbond substituents is 1. The summed E-state index contributed by atoms with van der Waals surface area (Å²) in [6, 6.07) is 6.73. The number of carbonyl (C=O) groups excluding carboxylic acids is 1. The standard InChI is InChI=1S/C40H47F2N5O4/c1-5-31-34(42)12-10-26-18-30(48)20-33(37(26)31)25-9-11-32-35(19-25)43-39(44-38(32)45(4)23-29-8-7-15-46(29)36(49)6-2)51-24-40(3)21-27(41)22-47(40)28-13-16-50-17-14-28/h1,6,10,12,18,20,25,27-29,48H,2,7-9,11,13-17,19,21-24H2,3-4H3/t25-,27-,29+,40+/m1/s1. The summed E-state index contributed by atoms with van der Waals surface area (Å²) in [5, 5.41) is 12.0. The van der Waals surface area contributed by atoms with Gasteiger partial charge >= 0.3 is 6.01 Å². The molecule has 4 heterocycles. The molecule has 1 amide bonds. The van der Waals surface area contributed by atoms with E-state index in [9.17, 15) is 14.3 Å². The first kappa shape index (κ1) is 35.1. The molecule has 1 aromatic heterocycles. The van der Waals surface area contributed by atoms with Gasteiger partial charge in [0.05, 0.1) is 16.8 Å². The van der Waals surface area contributed by atoms with Crippen molar-refractivity contribution in [2.24, 2.45) is 0 Å². The molecule has 0 radical (unpaired) electrons. The Labute approximate surface area is 298 Å². The van der Waals surface area contributed by atoms with E-state index < -0.39 is 17.5 Å². The number of likely N-dealkylation sites (tertiary alicyclic amines) is 2. The van der Waals surface area contributed by atoms with Crippen LogP contribution in [0.15, 0.2) is 36.9 Å². The molecule has 11 heteroatoms. The molecule has 1 N–H and O–H groups in total. The predicted octanol–water partition coefficient (Wildman–Crippen LogP) is 5.70. The zero-order valence-corrected chi connectivity index (χ0v) is 29.5. The van der Waals surface area contributed by atoms with E-state index in [1.807, 2.05) is 11.9 Å². The van der Waals surface area contributed by atoms with Gasteiger partial charge in [0, 0.05) is 69.3 Å². The average molecular weight is 700 g/mol. The van der Waals surface area contributed by atoms with Gasteiger partial charge in [0.1, 0.15) is 30.2 Å². The van der Waals surface area contributed by atoms with Crippen LogP contribution in [-0.4, -0.2) is 101 Å². The van der Waals surface area contributed by atoms with Crippen LogP contribution in [0.1, 0.15) is 73.8 Å². The Bertz CT molecular complexity index is 1860. The number of hydrogen-bond acceptors (Lipinski definition) is 8. The third kappa shape index (κ3) is 6.88. The number of halogens is 2. The largest absolute Gasteiger partial charge is 0.508 e. The van der Waals surface area contributed by atoms with Gasteiger partial charge in [-0.15, -0.1) is 6.42 Å². The number of rotatable bonds is 9. The van der Waals surface area contributed by atoms with Crippen molar-refractivity contribution in [3.05, 3.63) is 65.1 Å². The molecule has 3 fully saturated rings. The van der Waals surface area contributed by atoms with Crippen molar-refractivity contribution in [2.75, 3.05) is 51.4 Å². The first-order valence-electron chi connectivity index (χ1n) is 18.2. The van der Waals surface area contributed by atoms with Crippen LogP contribution in [-0.2, 0) is 22.4 Å². The molecule has 0 spiro atoms. The van der Waals surface area contributed by atoms with Crippen molar-refractivity contribution in [3.8, 4) is 24.1 Å². The predicted molar refractivity (Wildman–Crippen MR) is 192 cm³/mol. The van der Waals surface area contributed by atoms with Crippen LogP contribution < -0.4 is 9.64 Å². The van der Waals surface area contributed by atoms with Crippen molar-refractivity contribution in [3.63, 3.8) is 0 Å². The number of terminal acetylenes is 1. The summed E-state index contributed by atoms with van der Waals surface area (Å²) in [5.41, 5.74) is 2.22. The molecular formula is C40H47F2N5O4. The molecule has 3 aliphatic heterocycles. The lowest BCUT2D eigenvalue weighted by molar-refractivity contribution is -0.126. The fourth-order valence-electron chi connectivity index (χ4n) is 9.02. The van der Waals surface area contributed by atoms with Crippen LogP contribution in [0.5, 0.6) is 11.8 Å². The molecule has 4 aliphatic rings. The van der Waals surface area contributed by atoms with Crippen molar-refractivity contribution < 1.29 is 28.2 Å². The quantitative estimate of drug-likeness (QED) is 0.225. The number of aromatic hydroxyl groups is 1. The van der Waals surface area contributed by atoms with Gasteiger partial charge in [0.25, 0.3) is 0 Å². The van der Waals surface area contributed by atoms with Gasteiger partial charge in [0.15, 0.2) is 0 Å². The number of nitrogens with zero attached hydrogens (tertiary/aromatic N) is 5. The fourth-order valence-corrected chi connectivity index (χ4v) is 9.02. The summed E-state index contributed by atoms with van der Waals surface area (Å²) in [6.45, 7) is 8.95. The number of anilines is 1. The summed E-state index contributed by atoms with van der Waals surface area (Å²) < 4.78 is 42.0. The van der Waals surface area contributed by atoms with E-state index in [1.54, 1.807) is 18.2 Å². The Balaban J connectivity index is 1.23. The van der Waals surface area contributed by atoms with E-state index in [2.05, 4.69) is 29.2 Å². The first-order chi connectivity index (χ1) is 24.6. The number of amides is 1. The van der Waals surface area contributed by atoms with Crippen LogP contribution in [0.25, 0.3) is 10.8 Å². The molecule has 1 aliphatic carbocycles. The lowest BCUT2D eigenvalue weighted by Gasteiger charge is -2.41. The van der Waals surface area contributed by atoms with E-state index in [0.29, 0.717) is 69.3 Å². The molecule has 270 valence electrons. The highest BCUT2D eigenvalue weighted by Crippen LogP contribution is 2.42. The van der Waals surface area contributed by atoms with Crippen molar-refractivity contribution in [1.82, 2.24) is 19.8 Å². The molecule has 4 atom stereocenters. The van der Waals surface area contributed by atoms with Gasteiger partial charge in [-0.1, -0.05) is 18.6 Å². The number of likely N-dealkylation sites (N-methyl/N-ethyl adjacent to an activating group) is 1. The van der Waals surface area contributed by atoms with Gasteiger partial charge in [-0.3, -0.25) is 9.69 Å². The third-order valence-corrected chi connectivity index (χ3v) is 11.5. The minimum atomic E-state index is -0.948. The second kappa shape index (κ2) is 14.4. The van der Waals surface area contributed by atoms with Crippen molar-refractivity contribution in [2.45, 2.75) is 88.0 Å². The number of alkyl halides is 1. The maximum atomic E-state index is 15.0. The van der Waals surface area contributed by atoms with Crippen molar-refractivity contribution in [1.29, 1.82) is 0 Å². The van der Waals surface area contributed by atoms with Crippen molar-refractivity contribution >= 4 is 22.5 Å². The molecule has 3 aromatic rings. The maximum absolute atomic E-state index is 15.0. The summed E-state index contributed by atoms with van der Waals surface area (Å²) >= 11 is 0. The fraction of sp³-hybridized carbons (Fsp3) is 0.525. The highest BCUT2D eigenvalue weighted by Gasteiger charge is 2.46. The molecule has 51 heavy (non-hydrogen) atoms. The molecular weight excluding hydrogens is 652 g/mol. The van der Waals surface area contributed by atoms with Gasteiger partial charge < -0.3 is 24.4 Å². The lowest BCUT2D eigenvalue weighted by atomic mass is 9.79. The third-order valence-electron chi connectivity index (χ3n) is 11.5. The summed E-state index contributed by atoms with van der Waals surface area (Å²) in [7, 11) is 1.98. The number of benzene rings is 2. The van der Waals surface area contributed by atoms with Crippen LogP contribution >= 0.6 is 0 Å². The van der Waals surface area contributed by atoms with Gasteiger partial charge in [-0.05, 0) is 93.0 Å². The topological polar surface area (TPSA) is 91.3 Å². The van der Waals surface area contributed by atoms with Gasteiger partial charge in [0.2, 0.25) is 5.91 Å². The average Bonchev–Trinajstić information content (AvgIpc) is 3.72. The summed E-state index contributed by atoms with van der Waals surface area (Å²) in [6.07, 6.45) is 11.9. The molecule has 0 unspecified atom stereocenters. The first-order valence-corrected chi connectivity index (χ1v) is 18.2. The number of ether oxygens (including phenoxy) is 2. The van der Waals surface area contributed by atoms with Crippen LogP contribution in [0.4, 0.5) is 14.6 Å². The Morgan fingerprint density at radius 1 is 1.25 bits per heavy atom. The van der Waals surface area contributed by atoms with E-state index in [0.717, 1.165) is 48.3 Å². The van der Waals surface area contributed by atoms with Crippen LogP contribution in [0.2, 0.25) is 0 Å². The molecule has 7 rings (SSSR count). The molecule has 3 saturated heterocycles. The number of carbonyl (C=O) groups is 1. The SMILES string of the molecule is C#Cc1c(F)ccc2cc(O)cc([C@@H]3CCc4c(nc(OC[C@]5(C)C[C@@H](F)CN5C5CCOCC5)nc4N(C)C[C@@H]4CCCN4C(=O)C=C)C3)c12. The Kier molecular flexibility index (Phi) is 9.92. The Morgan fingerprint density at radius 2 is 2.06 bits per heavy atom. The summed E-state index contributed by atoms with van der Waals surface area (Å²) in [5.74, 6) is 2.70. The minimum Gasteiger partial charge on any atom is -0.508 e. The Morgan fingerprint density at radius 3 is 2.82 bits per heavy atom. The second-order valence-corrected chi connectivity index (χ2v) is 14.9. The Hall–Kier alpha value is -4.27. The molecule has 0 saturated carbocycles.